The molecule has 0 spiro atoms. The highest BCUT2D eigenvalue weighted by atomic mass is 32.1. The Morgan fingerprint density at radius 3 is 2.61 bits per heavy atom. The molecule has 1 heterocycles. The summed E-state index contributed by atoms with van der Waals surface area (Å²) < 4.78 is 7.19. The van der Waals surface area contributed by atoms with E-state index in [0.717, 1.165) is 38.3 Å². The zero-order chi connectivity index (χ0) is 20.3. The van der Waals surface area contributed by atoms with Crippen molar-refractivity contribution < 1.29 is 4.74 Å². The Hall–Kier alpha value is -2.70. The number of nitrogens with zero attached hydrogens (tertiary/aromatic N) is 1. The Bertz CT molecular complexity index is 1100. The number of likely N-dealkylation sites (N-methyl/N-ethyl adjacent to an activating group) is 1. The minimum Gasteiger partial charge on any atom is -0.496 e. The maximum atomic E-state index is 12.7. The molecule has 2 aromatic carbocycles. The molecule has 0 radical (unpaired) electrons. The van der Waals surface area contributed by atoms with Crippen LogP contribution in [0.3, 0.4) is 0 Å². The topological polar surface area (TPSA) is 55.3 Å². The van der Waals surface area contributed by atoms with Crippen molar-refractivity contribution in [2.24, 2.45) is 7.05 Å². The van der Waals surface area contributed by atoms with Crippen LogP contribution in [-0.2, 0) is 7.05 Å². The molecule has 1 aromatic heterocycles. The highest BCUT2D eigenvalue weighted by molar-refractivity contribution is 7.80. The number of hydrogen-bond acceptors (Lipinski definition) is 5. The molecule has 0 bridgehead atoms. The van der Waals surface area contributed by atoms with Crippen LogP contribution in [0.4, 0.5) is 0 Å². The van der Waals surface area contributed by atoms with Crippen LogP contribution in [0.5, 0.6) is 5.75 Å². The van der Waals surface area contributed by atoms with Gasteiger partial charge in [0.05, 0.1) is 7.11 Å². The summed E-state index contributed by atoms with van der Waals surface area (Å²) in [4.78, 5) is 13.6. The van der Waals surface area contributed by atoms with Gasteiger partial charge in [0.1, 0.15) is 5.75 Å². The summed E-state index contributed by atoms with van der Waals surface area (Å²) in [5.41, 5.74) is 3.96. The molecule has 28 heavy (non-hydrogen) atoms. The predicted octanol–water partition coefficient (Wildman–Crippen LogP) is 3.28. The summed E-state index contributed by atoms with van der Waals surface area (Å²) in [7, 11) is 7.20. The van der Waals surface area contributed by atoms with Gasteiger partial charge in [0.15, 0.2) is 0 Å². The second-order valence-corrected chi connectivity index (χ2v) is 7.11. The third-order valence-electron chi connectivity index (χ3n) is 4.71. The van der Waals surface area contributed by atoms with Crippen molar-refractivity contribution in [1.29, 1.82) is 0 Å². The molecule has 0 aliphatic rings. The molecule has 2 N–H and O–H groups in total. The van der Waals surface area contributed by atoms with Gasteiger partial charge >= 0.3 is 0 Å². The maximum Gasteiger partial charge on any atom is 0.258 e. The molecule has 3 rings (SSSR count). The summed E-state index contributed by atoms with van der Waals surface area (Å²) in [5, 5.41) is 7.84. The number of ether oxygens (including phenoxy) is 1. The normalized spacial score (nSPS) is 11.7. The number of fused-ring (bicyclic) bond motifs is 1. The highest BCUT2D eigenvalue weighted by Gasteiger charge is 2.15. The molecule has 0 saturated carbocycles. The molecule has 6 heteroatoms. The largest absolute Gasteiger partial charge is 0.496 e. The van der Waals surface area contributed by atoms with Gasteiger partial charge in [-0.1, -0.05) is 6.07 Å². The van der Waals surface area contributed by atoms with Crippen LogP contribution in [0, 0.1) is 0 Å². The lowest BCUT2D eigenvalue weighted by atomic mass is 9.96. The number of aryl methyl sites for hydroxylation is 1. The van der Waals surface area contributed by atoms with E-state index in [9.17, 15) is 4.79 Å². The third kappa shape index (κ3) is 3.79. The fraction of sp³-hybridized carbons (Fsp3) is 0.227. The summed E-state index contributed by atoms with van der Waals surface area (Å²) in [5.74, 6) is 0.740. The first-order valence-corrected chi connectivity index (χ1v) is 9.47. The van der Waals surface area contributed by atoms with Gasteiger partial charge in [-0.2, -0.15) is 0 Å². The van der Waals surface area contributed by atoms with Crippen LogP contribution < -0.4 is 20.9 Å². The van der Waals surface area contributed by atoms with E-state index in [1.165, 1.54) is 0 Å². The Balaban J connectivity index is 2.36. The number of thiol groups is 1. The lowest BCUT2D eigenvalue weighted by Crippen LogP contribution is -2.17. The molecule has 3 aromatic rings. The van der Waals surface area contributed by atoms with Crippen LogP contribution in [0.25, 0.3) is 27.5 Å². The molecule has 0 amide bonds. The average Bonchev–Trinajstić information content (AvgIpc) is 2.70. The zero-order valence-corrected chi connectivity index (χ0v) is 17.4. The third-order valence-corrected chi connectivity index (χ3v) is 4.99. The monoisotopic (exact) mass is 395 g/mol. The Morgan fingerprint density at radius 1 is 1.14 bits per heavy atom. The van der Waals surface area contributed by atoms with E-state index in [1.54, 1.807) is 18.7 Å². The van der Waals surface area contributed by atoms with Crippen molar-refractivity contribution in [1.82, 2.24) is 15.2 Å². The standard InChI is InChI=1S/C22H25N3O2S/c1-23-11-15(12-24-2)14-5-7-17-18(9-14)20(13-25(3)22(17)26)19-10-16(28)6-8-21(19)27-4/h5-11,13,23-24,28H,12H2,1-4H3/b15-11+. The van der Waals surface area contributed by atoms with Crippen LogP contribution >= 0.6 is 12.6 Å². The van der Waals surface area contributed by atoms with Crippen LogP contribution in [0.15, 0.2) is 58.5 Å². The fourth-order valence-electron chi connectivity index (χ4n) is 3.39. The molecule has 0 atom stereocenters. The van der Waals surface area contributed by atoms with Gasteiger partial charge < -0.3 is 19.9 Å². The fourth-order valence-corrected chi connectivity index (χ4v) is 3.59. The first-order valence-electron chi connectivity index (χ1n) is 9.02. The summed E-state index contributed by atoms with van der Waals surface area (Å²) >= 11 is 4.49. The van der Waals surface area contributed by atoms with E-state index in [4.69, 9.17) is 4.74 Å². The molecule has 5 nitrogen and oxygen atoms in total. The number of methoxy groups -OCH3 is 1. The quantitative estimate of drug-likeness (QED) is 0.561. The van der Waals surface area contributed by atoms with Crippen LogP contribution in [0.1, 0.15) is 5.56 Å². The number of benzene rings is 2. The van der Waals surface area contributed by atoms with Gasteiger partial charge in [-0.25, -0.2) is 0 Å². The lowest BCUT2D eigenvalue weighted by Gasteiger charge is -2.15. The van der Waals surface area contributed by atoms with E-state index < -0.39 is 0 Å². The SMILES string of the molecule is CN/C=C(\CNC)c1ccc2c(=O)n(C)cc(-c3cc(S)ccc3OC)c2c1. The second-order valence-electron chi connectivity index (χ2n) is 6.59. The van der Waals surface area contributed by atoms with E-state index in [2.05, 4.69) is 29.3 Å². The lowest BCUT2D eigenvalue weighted by molar-refractivity contribution is 0.416. The highest BCUT2D eigenvalue weighted by Crippen LogP contribution is 2.36. The molecular formula is C22H25N3O2S. The first-order chi connectivity index (χ1) is 13.5. The van der Waals surface area contributed by atoms with E-state index >= 15 is 0 Å². The number of hydrogen-bond donors (Lipinski definition) is 3. The molecule has 0 aliphatic carbocycles. The molecular weight excluding hydrogens is 370 g/mol. The molecule has 0 saturated heterocycles. The molecule has 146 valence electrons. The van der Waals surface area contributed by atoms with Crippen molar-refractivity contribution in [3.8, 4) is 16.9 Å². The Morgan fingerprint density at radius 2 is 1.93 bits per heavy atom. The van der Waals surface area contributed by atoms with Crippen molar-refractivity contribution in [2.45, 2.75) is 4.90 Å². The van der Waals surface area contributed by atoms with Crippen LogP contribution in [-0.4, -0.2) is 32.3 Å². The van der Waals surface area contributed by atoms with Gasteiger partial charge in [0.2, 0.25) is 0 Å². The van der Waals surface area contributed by atoms with Gasteiger partial charge in [-0.15, -0.1) is 12.6 Å². The van der Waals surface area contributed by atoms with Crippen LogP contribution in [0.2, 0.25) is 0 Å². The van der Waals surface area contributed by atoms with Crippen molar-refractivity contribution in [3.63, 3.8) is 0 Å². The Labute approximate surface area is 170 Å². The minimum absolute atomic E-state index is 0.0287. The summed E-state index contributed by atoms with van der Waals surface area (Å²) in [6, 6.07) is 11.7. The minimum atomic E-state index is -0.0287. The van der Waals surface area contributed by atoms with Crippen molar-refractivity contribution in [3.05, 3.63) is 64.7 Å². The first kappa shape index (κ1) is 20.0. The van der Waals surface area contributed by atoms with Gasteiger partial charge in [-0.05, 0) is 53.9 Å². The maximum absolute atomic E-state index is 12.7. The molecule has 0 aliphatic heterocycles. The molecule has 0 fully saturated rings. The van der Waals surface area contributed by atoms with Gasteiger partial charge in [0, 0.05) is 54.4 Å². The number of rotatable bonds is 6. The number of aromatic nitrogens is 1. The van der Waals surface area contributed by atoms with Crippen molar-refractivity contribution in [2.75, 3.05) is 27.7 Å². The second kappa shape index (κ2) is 8.54. The van der Waals surface area contributed by atoms with E-state index in [1.807, 2.05) is 56.8 Å². The summed E-state index contributed by atoms with van der Waals surface area (Å²) in [6.07, 6.45) is 3.83. The smallest absolute Gasteiger partial charge is 0.258 e. The summed E-state index contributed by atoms with van der Waals surface area (Å²) in [6.45, 7) is 0.710. The van der Waals surface area contributed by atoms with Gasteiger partial charge in [-0.3, -0.25) is 4.79 Å². The Kier molecular flexibility index (Phi) is 6.11. The number of pyridine rings is 1. The number of nitrogens with one attached hydrogen (secondary N) is 2. The average molecular weight is 396 g/mol. The van der Waals surface area contributed by atoms with E-state index in [0.29, 0.717) is 11.9 Å². The predicted molar refractivity (Wildman–Crippen MR) is 119 cm³/mol. The van der Waals surface area contributed by atoms with Crippen molar-refractivity contribution >= 4 is 29.0 Å². The zero-order valence-electron chi connectivity index (χ0n) is 16.5. The van der Waals surface area contributed by atoms with Gasteiger partial charge in [0.25, 0.3) is 5.56 Å². The van der Waals surface area contributed by atoms with E-state index in [-0.39, 0.29) is 5.56 Å². The molecule has 0 unspecified atom stereocenters.